The number of carbonyl (C=O) groups is 3. The lowest BCUT2D eigenvalue weighted by Gasteiger charge is -2.44. The molecule has 1 aliphatic heterocycles. The number of phosphoric ester groups is 1. The van der Waals surface area contributed by atoms with E-state index in [4.69, 9.17) is 28.7 Å². The van der Waals surface area contributed by atoms with Crippen molar-refractivity contribution < 1.29 is 67.5 Å². The molecule has 1 heterocycles. The molecule has 0 aromatic heterocycles. The fraction of sp³-hybridized carbons (Fsp3) is 0.942. The maximum atomic E-state index is 13.9. The van der Waals surface area contributed by atoms with Crippen LogP contribution in [0.3, 0.4) is 0 Å². The van der Waals surface area contributed by atoms with Crippen LogP contribution in [0.4, 0.5) is 0 Å². The highest BCUT2D eigenvalue weighted by atomic mass is 31.2. The molecule has 6 N–H and O–H groups in total. The minimum Gasteiger partial charge on any atom is -0.462 e. The molecule has 1 fully saturated rings. The number of rotatable bonds is 47. The zero-order chi connectivity index (χ0) is 50.1. The predicted molar refractivity (Wildman–Crippen MR) is 267 cm³/mol. The van der Waals surface area contributed by atoms with Gasteiger partial charge in [-0.1, -0.05) is 194 Å². The van der Waals surface area contributed by atoms with Crippen molar-refractivity contribution in [1.29, 1.82) is 0 Å². The Hall–Kier alpha value is -1.68. The van der Waals surface area contributed by atoms with Gasteiger partial charge in [0.2, 0.25) is 5.91 Å². The van der Waals surface area contributed by atoms with Crippen LogP contribution < -0.4 is 5.32 Å². The first kappa shape index (κ1) is 64.3. The van der Waals surface area contributed by atoms with Crippen LogP contribution in [0.25, 0.3) is 0 Å². The lowest BCUT2D eigenvalue weighted by molar-refractivity contribution is -0.274. The van der Waals surface area contributed by atoms with Gasteiger partial charge < -0.3 is 49.4 Å². The molecule has 7 atom stereocenters. The first-order valence-electron chi connectivity index (χ1n) is 27.5. The Balaban J connectivity index is 3.02. The summed E-state index contributed by atoms with van der Waals surface area (Å²) < 4.78 is 39.4. The number of unbranched alkanes of at least 4 members (excludes halogenated alkanes) is 27. The number of aliphatic hydroxyl groups excluding tert-OH is 3. The molecule has 0 aromatic carbocycles. The van der Waals surface area contributed by atoms with Crippen LogP contribution in [0.2, 0.25) is 0 Å². The SMILES string of the molecule is CCCCCCCCCCCCCC(=O)O[C@H](CCCCCCCCCCC)CC(=O)O[C@H]1[C@H](O)[C@@H](CO)O[C@@H](OCCCCOP(=O)(O)O)[C@@H]1NC(=O)C[C@H](O)CCCCCCCCCCC. The second-order valence-electron chi connectivity index (χ2n) is 19.4. The number of hydrogen-bond acceptors (Lipinski definition) is 12. The van der Waals surface area contributed by atoms with Gasteiger partial charge in [-0.15, -0.1) is 0 Å². The van der Waals surface area contributed by atoms with E-state index in [1.54, 1.807) is 0 Å². The van der Waals surface area contributed by atoms with Crippen LogP contribution in [0, 0.1) is 0 Å². The minimum absolute atomic E-state index is 0.0341. The molecule has 68 heavy (non-hydrogen) atoms. The molecule has 0 spiro atoms. The van der Waals surface area contributed by atoms with Gasteiger partial charge in [0, 0.05) is 13.0 Å². The standard InChI is InChI=1S/C52H100NO14P/c1-4-7-10-13-16-19-20-23-26-29-32-37-47(57)65-44(36-31-28-25-22-18-15-12-9-6-3)41-48(58)67-51-49(53-46(56)40-43(55)35-30-27-24-21-17-14-11-8-5-2)52(66-45(42-54)50(51)59)63-38-33-34-39-64-68(60,61)62/h43-45,49-52,54-55,59H,4-42H2,1-3H3,(H,53,56)(H2,60,61,62)/t43-,44-,45-,49-,50-,51-,52-/m1/s1. The summed E-state index contributed by atoms with van der Waals surface area (Å²) in [6.07, 6.45) is 26.5. The molecule has 1 aliphatic rings. The van der Waals surface area contributed by atoms with Crippen molar-refractivity contribution in [3.05, 3.63) is 0 Å². The van der Waals surface area contributed by atoms with Crippen LogP contribution in [0.15, 0.2) is 0 Å². The second kappa shape index (κ2) is 43.0. The Morgan fingerprint density at radius 3 is 1.54 bits per heavy atom. The zero-order valence-electron chi connectivity index (χ0n) is 43.0. The topological polar surface area (TPSA) is 228 Å². The molecule has 402 valence electrons. The Morgan fingerprint density at radius 2 is 1.06 bits per heavy atom. The van der Waals surface area contributed by atoms with Gasteiger partial charge in [-0.25, -0.2) is 4.57 Å². The van der Waals surface area contributed by atoms with Crippen LogP contribution in [-0.4, -0.2) is 106 Å². The van der Waals surface area contributed by atoms with Gasteiger partial charge in [0.05, 0.1) is 32.2 Å². The average molecular weight is 994 g/mol. The number of hydrogen-bond donors (Lipinski definition) is 6. The number of amides is 1. The summed E-state index contributed by atoms with van der Waals surface area (Å²) in [7, 11) is -4.65. The van der Waals surface area contributed by atoms with Crippen molar-refractivity contribution in [2.75, 3.05) is 19.8 Å². The number of carbonyl (C=O) groups excluding carboxylic acids is 3. The summed E-state index contributed by atoms with van der Waals surface area (Å²) in [6.45, 7) is 5.69. The maximum absolute atomic E-state index is 13.9. The van der Waals surface area contributed by atoms with Gasteiger partial charge in [-0.3, -0.25) is 18.9 Å². The third-order valence-corrected chi connectivity index (χ3v) is 13.4. The molecule has 0 aromatic rings. The molecule has 1 rings (SSSR count). The molecular formula is C52H100NO14P. The first-order valence-corrected chi connectivity index (χ1v) is 29.0. The summed E-state index contributed by atoms with van der Waals surface area (Å²) >= 11 is 0. The van der Waals surface area contributed by atoms with Crippen molar-refractivity contribution in [3.8, 4) is 0 Å². The molecule has 0 bridgehead atoms. The van der Waals surface area contributed by atoms with Gasteiger partial charge >= 0.3 is 19.8 Å². The molecule has 16 heteroatoms. The van der Waals surface area contributed by atoms with Crippen molar-refractivity contribution in [2.45, 2.75) is 295 Å². The van der Waals surface area contributed by atoms with E-state index in [-0.39, 0.29) is 51.3 Å². The van der Waals surface area contributed by atoms with Crippen molar-refractivity contribution >= 4 is 25.7 Å². The lowest BCUT2D eigenvalue weighted by Crippen LogP contribution is -2.66. The van der Waals surface area contributed by atoms with Gasteiger partial charge in [0.1, 0.15) is 24.4 Å². The predicted octanol–water partition coefficient (Wildman–Crippen LogP) is 11.0. The summed E-state index contributed by atoms with van der Waals surface area (Å²) in [5.41, 5.74) is 0. The van der Waals surface area contributed by atoms with Crippen molar-refractivity contribution in [2.24, 2.45) is 0 Å². The summed E-state index contributed by atoms with van der Waals surface area (Å²) in [6, 6.07) is -1.27. The minimum atomic E-state index is -4.65. The highest BCUT2D eigenvalue weighted by molar-refractivity contribution is 7.46. The fourth-order valence-electron chi connectivity index (χ4n) is 8.79. The molecule has 1 saturated heterocycles. The normalized spacial score (nSPS) is 19.4. The molecule has 15 nitrogen and oxygen atoms in total. The quantitative estimate of drug-likeness (QED) is 0.0189. The van der Waals surface area contributed by atoms with Crippen molar-refractivity contribution in [1.82, 2.24) is 5.32 Å². The Kier molecular flexibility index (Phi) is 40.6. The number of phosphoric acid groups is 1. The fourth-order valence-corrected chi connectivity index (χ4v) is 9.16. The highest BCUT2D eigenvalue weighted by Gasteiger charge is 2.49. The van der Waals surface area contributed by atoms with E-state index in [2.05, 4.69) is 30.6 Å². The molecule has 1 amide bonds. The molecule has 0 saturated carbocycles. The van der Waals surface area contributed by atoms with E-state index in [1.807, 2.05) is 0 Å². The molecular weight excluding hydrogens is 894 g/mol. The first-order chi connectivity index (χ1) is 32.8. The molecule has 0 unspecified atom stereocenters. The van der Waals surface area contributed by atoms with E-state index >= 15 is 0 Å². The molecule has 0 aliphatic carbocycles. The Labute approximate surface area is 411 Å². The van der Waals surface area contributed by atoms with Crippen LogP contribution >= 0.6 is 7.82 Å². The third kappa shape index (κ3) is 35.4. The monoisotopic (exact) mass is 994 g/mol. The van der Waals surface area contributed by atoms with Gasteiger partial charge in [0.25, 0.3) is 0 Å². The smallest absolute Gasteiger partial charge is 0.462 e. The number of nitrogens with one attached hydrogen (secondary N) is 1. The molecule has 0 radical (unpaired) electrons. The summed E-state index contributed by atoms with van der Waals surface area (Å²) in [5.74, 6) is -1.72. The maximum Gasteiger partial charge on any atom is 0.469 e. The van der Waals surface area contributed by atoms with Crippen molar-refractivity contribution in [3.63, 3.8) is 0 Å². The lowest BCUT2D eigenvalue weighted by atomic mass is 9.96. The number of aliphatic hydroxyl groups is 3. The van der Waals surface area contributed by atoms with E-state index < -0.39 is 69.2 Å². The van der Waals surface area contributed by atoms with E-state index in [9.17, 15) is 34.3 Å². The number of ether oxygens (including phenoxy) is 4. The van der Waals surface area contributed by atoms with E-state index in [0.29, 0.717) is 19.3 Å². The third-order valence-electron chi connectivity index (χ3n) is 12.9. The average Bonchev–Trinajstić information content (AvgIpc) is 3.29. The number of esters is 2. The van der Waals surface area contributed by atoms with Crippen LogP contribution in [0.1, 0.15) is 252 Å². The Bertz CT molecular complexity index is 1270. The highest BCUT2D eigenvalue weighted by Crippen LogP contribution is 2.36. The largest absolute Gasteiger partial charge is 0.469 e. The van der Waals surface area contributed by atoms with Crippen LogP contribution in [0.5, 0.6) is 0 Å². The van der Waals surface area contributed by atoms with E-state index in [1.165, 1.54) is 109 Å². The summed E-state index contributed by atoms with van der Waals surface area (Å²) in [4.78, 5) is 58.6. The second-order valence-corrected chi connectivity index (χ2v) is 20.6. The van der Waals surface area contributed by atoms with Crippen LogP contribution in [-0.2, 0) is 42.4 Å². The zero-order valence-corrected chi connectivity index (χ0v) is 43.9. The Morgan fingerprint density at radius 1 is 0.603 bits per heavy atom. The van der Waals surface area contributed by atoms with Gasteiger partial charge in [-0.05, 0) is 38.5 Å². The van der Waals surface area contributed by atoms with Gasteiger partial charge in [0.15, 0.2) is 12.4 Å². The van der Waals surface area contributed by atoms with Gasteiger partial charge in [-0.2, -0.15) is 0 Å². The van der Waals surface area contributed by atoms with E-state index in [0.717, 1.165) is 70.6 Å². The summed E-state index contributed by atoms with van der Waals surface area (Å²) in [5, 5.41) is 35.2.